The van der Waals surface area contributed by atoms with E-state index in [0.29, 0.717) is 0 Å². The number of aromatic nitrogens is 1. The van der Waals surface area contributed by atoms with Crippen LogP contribution in [0.3, 0.4) is 0 Å². The number of rotatable bonds is 2. The van der Waals surface area contributed by atoms with Crippen LogP contribution >= 0.6 is 0 Å². The van der Waals surface area contributed by atoms with Crippen molar-refractivity contribution in [1.29, 1.82) is 0 Å². The van der Waals surface area contributed by atoms with Crippen LogP contribution in [-0.2, 0) is 4.74 Å². The van der Waals surface area contributed by atoms with Gasteiger partial charge in [0.05, 0.1) is 31.7 Å². The maximum absolute atomic E-state index is 5.39. The van der Waals surface area contributed by atoms with E-state index in [2.05, 4.69) is 23.7 Å². The van der Waals surface area contributed by atoms with Crippen molar-refractivity contribution in [2.45, 2.75) is 20.8 Å². The molecule has 0 bridgehead atoms. The van der Waals surface area contributed by atoms with E-state index in [-0.39, 0.29) is 0 Å². The highest BCUT2D eigenvalue weighted by atomic mass is 16.5. The molecule has 1 aromatic rings. The zero-order valence-corrected chi connectivity index (χ0v) is 11.0. The van der Waals surface area contributed by atoms with Gasteiger partial charge in [-0.15, -0.1) is 0 Å². The normalized spacial score (nSPS) is 16.1. The van der Waals surface area contributed by atoms with Gasteiger partial charge in [0.2, 0.25) is 5.88 Å². The monoisotopic (exact) mass is 236 g/mol. The van der Waals surface area contributed by atoms with Crippen LogP contribution in [0.5, 0.6) is 5.88 Å². The Morgan fingerprint density at radius 1 is 1.12 bits per heavy atom. The molecule has 1 aromatic heterocycles. The van der Waals surface area contributed by atoms with E-state index in [1.54, 1.807) is 7.11 Å². The molecule has 0 amide bonds. The Morgan fingerprint density at radius 3 is 2.35 bits per heavy atom. The highest BCUT2D eigenvalue weighted by Gasteiger charge is 2.19. The molecule has 0 aromatic carbocycles. The van der Waals surface area contributed by atoms with Crippen molar-refractivity contribution >= 4 is 5.69 Å². The van der Waals surface area contributed by atoms with Crippen LogP contribution < -0.4 is 9.64 Å². The maximum Gasteiger partial charge on any atom is 0.216 e. The summed E-state index contributed by atoms with van der Waals surface area (Å²) in [4.78, 5) is 6.88. The van der Waals surface area contributed by atoms with Crippen LogP contribution in [0.15, 0.2) is 0 Å². The van der Waals surface area contributed by atoms with Crippen LogP contribution in [0.4, 0.5) is 5.69 Å². The molecule has 0 unspecified atom stereocenters. The summed E-state index contributed by atoms with van der Waals surface area (Å²) in [5.74, 6) is 0.733. The highest BCUT2D eigenvalue weighted by molar-refractivity contribution is 5.61. The molecule has 1 fully saturated rings. The summed E-state index contributed by atoms with van der Waals surface area (Å²) in [5.41, 5.74) is 4.66. The zero-order chi connectivity index (χ0) is 12.4. The van der Waals surface area contributed by atoms with Gasteiger partial charge in [0.15, 0.2) is 0 Å². The molecule has 0 aliphatic carbocycles. The Morgan fingerprint density at radius 2 is 1.76 bits per heavy atom. The van der Waals surface area contributed by atoms with E-state index in [1.807, 2.05) is 6.92 Å². The molecule has 0 N–H and O–H groups in total. The second kappa shape index (κ2) is 4.92. The van der Waals surface area contributed by atoms with Gasteiger partial charge in [-0.1, -0.05) is 0 Å². The van der Waals surface area contributed by atoms with Gasteiger partial charge < -0.3 is 14.4 Å². The van der Waals surface area contributed by atoms with Crippen molar-refractivity contribution in [3.05, 3.63) is 16.8 Å². The summed E-state index contributed by atoms with van der Waals surface area (Å²) in [6.45, 7) is 9.71. The smallest absolute Gasteiger partial charge is 0.216 e. The number of anilines is 1. The lowest BCUT2D eigenvalue weighted by Gasteiger charge is -2.31. The van der Waals surface area contributed by atoms with Gasteiger partial charge in [0.1, 0.15) is 0 Å². The minimum absolute atomic E-state index is 0.733. The topological polar surface area (TPSA) is 34.6 Å². The molecule has 1 aliphatic heterocycles. The summed E-state index contributed by atoms with van der Waals surface area (Å²) >= 11 is 0. The molecule has 4 nitrogen and oxygen atoms in total. The van der Waals surface area contributed by atoms with E-state index >= 15 is 0 Å². The van der Waals surface area contributed by atoms with Crippen LogP contribution in [0.25, 0.3) is 0 Å². The van der Waals surface area contributed by atoms with Crippen LogP contribution in [-0.4, -0.2) is 38.4 Å². The Kier molecular flexibility index (Phi) is 3.52. The second-order valence-corrected chi connectivity index (χ2v) is 4.40. The summed E-state index contributed by atoms with van der Waals surface area (Å²) in [7, 11) is 1.67. The first-order valence-corrected chi connectivity index (χ1v) is 5.99. The molecule has 4 heteroatoms. The van der Waals surface area contributed by atoms with Gasteiger partial charge in [0, 0.05) is 18.7 Å². The van der Waals surface area contributed by atoms with E-state index in [9.17, 15) is 0 Å². The first kappa shape index (κ1) is 12.2. The van der Waals surface area contributed by atoms with Crippen molar-refractivity contribution in [1.82, 2.24) is 4.98 Å². The van der Waals surface area contributed by atoms with Crippen molar-refractivity contribution < 1.29 is 9.47 Å². The van der Waals surface area contributed by atoms with E-state index in [4.69, 9.17) is 9.47 Å². The Bertz CT molecular complexity index is 412. The molecule has 0 radical (unpaired) electrons. The van der Waals surface area contributed by atoms with Crippen molar-refractivity contribution in [3.8, 4) is 5.88 Å². The quantitative estimate of drug-likeness (QED) is 0.785. The number of hydrogen-bond donors (Lipinski definition) is 0. The minimum Gasteiger partial charge on any atom is -0.481 e. The third-order valence-electron chi connectivity index (χ3n) is 3.37. The fourth-order valence-corrected chi connectivity index (χ4v) is 2.35. The molecular weight excluding hydrogens is 216 g/mol. The average Bonchev–Trinajstić information content (AvgIpc) is 2.35. The van der Waals surface area contributed by atoms with Crippen molar-refractivity contribution in [2.75, 3.05) is 38.3 Å². The molecule has 2 rings (SSSR count). The molecule has 0 spiro atoms. The molecule has 0 saturated carbocycles. The van der Waals surface area contributed by atoms with Gasteiger partial charge in [-0.3, -0.25) is 0 Å². The number of methoxy groups -OCH3 is 1. The van der Waals surface area contributed by atoms with E-state index in [1.165, 1.54) is 11.3 Å². The standard InChI is InChI=1S/C13H20N2O2/c1-9-10(2)13(16-4)14-11(3)12(9)15-5-7-17-8-6-15/h5-8H2,1-4H3. The molecule has 1 aliphatic rings. The molecular formula is C13H20N2O2. The first-order valence-electron chi connectivity index (χ1n) is 5.99. The summed E-state index contributed by atoms with van der Waals surface area (Å²) < 4.78 is 10.7. The zero-order valence-electron chi connectivity index (χ0n) is 11.0. The number of hydrogen-bond acceptors (Lipinski definition) is 4. The van der Waals surface area contributed by atoms with Crippen LogP contribution in [0, 0.1) is 20.8 Å². The number of ether oxygens (including phenoxy) is 2. The summed E-state index contributed by atoms with van der Waals surface area (Å²) in [5, 5.41) is 0. The molecule has 1 saturated heterocycles. The van der Waals surface area contributed by atoms with Gasteiger partial charge in [-0.05, 0) is 26.3 Å². The molecule has 17 heavy (non-hydrogen) atoms. The Hall–Kier alpha value is -1.29. The van der Waals surface area contributed by atoms with Gasteiger partial charge in [-0.25, -0.2) is 4.98 Å². The van der Waals surface area contributed by atoms with E-state index in [0.717, 1.165) is 43.4 Å². The third-order valence-corrected chi connectivity index (χ3v) is 3.37. The van der Waals surface area contributed by atoms with Gasteiger partial charge in [-0.2, -0.15) is 0 Å². The fourth-order valence-electron chi connectivity index (χ4n) is 2.35. The van der Waals surface area contributed by atoms with Crippen LogP contribution in [0.1, 0.15) is 16.8 Å². The van der Waals surface area contributed by atoms with Gasteiger partial charge in [0.25, 0.3) is 0 Å². The Balaban J connectivity index is 2.42. The number of nitrogens with zero attached hydrogens (tertiary/aromatic N) is 2. The molecule has 94 valence electrons. The SMILES string of the molecule is COc1nc(C)c(N2CCOCC2)c(C)c1C. The van der Waals surface area contributed by atoms with Gasteiger partial charge >= 0.3 is 0 Å². The minimum atomic E-state index is 0.733. The average molecular weight is 236 g/mol. The third kappa shape index (κ3) is 2.22. The first-order chi connectivity index (χ1) is 8.15. The molecule has 2 heterocycles. The number of pyridine rings is 1. The van der Waals surface area contributed by atoms with Crippen molar-refractivity contribution in [2.24, 2.45) is 0 Å². The predicted octanol–water partition coefficient (Wildman–Crippen LogP) is 1.85. The lowest BCUT2D eigenvalue weighted by atomic mass is 10.1. The maximum atomic E-state index is 5.39. The summed E-state index contributed by atoms with van der Waals surface area (Å²) in [6, 6.07) is 0. The lowest BCUT2D eigenvalue weighted by Crippen LogP contribution is -2.37. The van der Waals surface area contributed by atoms with Crippen molar-refractivity contribution in [3.63, 3.8) is 0 Å². The largest absolute Gasteiger partial charge is 0.481 e. The summed E-state index contributed by atoms with van der Waals surface area (Å²) in [6.07, 6.45) is 0. The van der Waals surface area contributed by atoms with E-state index < -0.39 is 0 Å². The number of morpholine rings is 1. The molecule has 0 atom stereocenters. The van der Waals surface area contributed by atoms with Crippen LogP contribution in [0.2, 0.25) is 0 Å². The lowest BCUT2D eigenvalue weighted by molar-refractivity contribution is 0.122. The number of aryl methyl sites for hydroxylation is 1. The second-order valence-electron chi connectivity index (χ2n) is 4.40. The Labute approximate surface area is 103 Å². The predicted molar refractivity (Wildman–Crippen MR) is 68.0 cm³/mol. The highest BCUT2D eigenvalue weighted by Crippen LogP contribution is 2.31. The fraction of sp³-hybridized carbons (Fsp3) is 0.615.